The maximum Gasteiger partial charge on any atom is 0.329 e. The van der Waals surface area contributed by atoms with Crippen molar-refractivity contribution >= 4 is 17.6 Å². The number of carbonyl (C=O) groups excluding carboxylic acids is 1. The second-order valence-electron chi connectivity index (χ2n) is 3.52. The van der Waals surface area contributed by atoms with E-state index < -0.39 is 16.9 Å². The number of esters is 1. The first-order valence-corrected chi connectivity index (χ1v) is 5.44. The van der Waals surface area contributed by atoms with Gasteiger partial charge in [0.2, 0.25) is 0 Å². The minimum atomic E-state index is -1.42. The fourth-order valence-electron chi connectivity index (χ4n) is 1.52. The Morgan fingerprint density at radius 2 is 2.06 bits per heavy atom. The molecular formula is C12H15ClO3. The lowest BCUT2D eigenvalue weighted by atomic mass is 9.92. The van der Waals surface area contributed by atoms with Gasteiger partial charge >= 0.3 is 5.97 Å². The van der Waals surface area contributed by atoms with E-state index >= 15 is 0 Å². The third kappa shape index (κ3) is 2.36. The van der Waals surface area contributed by atoms with Crippen molar-refractivity contribution in [3.63, 3.8) is 0 Å². The highest BCUT2D eigenvalue weighted by molar-refractivity contribution is 6.34. The molecule has 0 radical (unpaired) electrons. The molecule has 2 unspecified atom stereocenters. The molecule has 16 heavy (non-hydrogen) atoms. The van der Waals surface area contributed by atoms with E-state index in [1.54, 1.807) is 31.2 Å². The zero-order valence-corrected chi connectivity index (χ0v) is 10.1. The van der Waals surface area contributed by atoms with Gasteiger partial charge in [-0.2, -0.15) is 0 Å². The van der Waals surface area contributed by atoms with Crippen molar-refractivity contribution in [3.8, 4) is 0 Å². The topological polar surface area (TPSA) is 46.5 Å². The van der Waals surface area contributed by atoms with Gasteiger partial charge in [0.25, 0.3) is 0 Å². The molecule has 0 aliphatic rings. The van der Waals surface area contributed by atoms with E-state index in [4.69, 9.17) is 11.6 Å². The number of hydrogen-bond donors (Lipinski definition) is 1. The summed E-state index contributed by atoms with van der Waals surface area (Å²) in [4.78, 5) is 10.1. The van der Waals surface area contributed by atoms with Crippen LogP contribution in [-0.4, -0.2) is 23.1 Å². The Balaban J connectivity index is 3.02. The number of benzene rings is 1. The molecular weight excluding hydrogens is 228 g/mol. The standard InChI is InChI=1S/C12H15ClO3/c1-3-12(13,11(15)16-2)10(14)9-7-5-4-6-8-9/h4-8,10,14H,3H2,1-2H3. The molecule has 1 rings (SSSR count). The van der Waals surface area contributed by atoms with Gasteiger partial charge in [-0.1, -0.05) is 37.3 Å². The van der Waals surface area contributed by atoms with E-state index in [-0.39, 0.29) is 6.42 Å². The summed E-state index contributed by atoms with van der Waals surface area (Å²) in [5.74, 6) is -0.618. The quantitative estimate of drug-likeness (QED) is 0.651. The van der Waals surface area contributed by atoms with E-state index in [1.165, 1.54) is 7.11 Å². The Bertz CT molecular complexity index is 353. The summed E-state index contributed by atoms with van der Waals surface area (Å²) in [6, 6.07) is 8.84. The summed E-state index contributed by atoms with van der Waals surface area (Å²) in [5, 5.41) is 10.1. The van der Waals surface area contributed by atoms with Gasteiger partial charge in [-0.25, -0.2) is 0 Å². The Hall–Kier alpha value is -1.06. The van der Waals surface area contributed by atoms with Crippen LogP contribution in [0.3, 0.4) is 0 Å². The van der Waals surface area contributed by atoms with Crippen LogP contribution < -0.4 is 0 Å². The lowest BCUT2D eigenvalue weighted by molar-refractivity contribution is -0.147. The Labute approximate surface area is 100.0 Å². The van der Waals surface area contributed by atoms with Crippen LogP contribution in [0.4, 0.5) is 0 Å². The van der Waals surface area contributed by atoms with Crippen LogP contribution in [0.15, 0.2) is 30.3 Å². The van der Waals surface area contributed by atoms with Crippen molar-refractivity contribution in [2.45, 2.75) is 24.3 Å². The molecule has 1 aromatic rings. The summed E-state index contributed by atoms with van der Waals surface area (Å²) >= 11 is 6.13. The Morgan fingerprint density at radius 3 is 2.50 bits per heavy atom. The van der Waals surface area contributed by atoms with Crippen molar-refractivity contribution in [1.82, 2.24) is 0 Å². The van der Waals surface area contributed by atoms with Crippen LogP contribution in [0.2, 0.25) is 0 Å². The second kappa shape index (κ2) is 5.32. The minimum absolute atomic E-state index is 0.289. The van der Waals surface area contributed by atoms with Crippen molar-refractivity contribution < 1.29 is 14.6 Å². The first-order valence-electron chi connectivity index (χ1n) is 5.06. The second-order valence-corrected chi connectivity index (χ2v) is 4.20. The molecule has 0 saturated carbocycles. The number of aliphatic hydroxyl groups excluding tert-OH is 1. The van der Waals surface area contributed by atoms with E-state index in [2.05, 4.69) is 4.74 Å². The predicted molar refractivity (Wildman–Crippen MR) is 62.3 cm³/mol. The molecule has 0 aromatic heterocycles. The molecule has 1 aromatic carbocycles. The number of ether oxygens (including phenoxy) is 1. The SMILES string of the molecule is CCC(Cl)(C(=O)OC)C(O)c1ccccc1. The molecule has 0 aliphatic carbocycles. The number of carbonyl (C=O) groups is 1. The number of rotatable bonds is 4. The molecule has 0 saturated heterocycles. The Morgan fingerprint density at radius 1 is 1.50 bits per heavy atom. The molecule has 0 bridgehead atoms. The first-order chi connectivity index (χ1) is 7.56. The van der Waals surface area contributed by atoms with Crippen LogP contribution in [0.1, 0.15) is 25.0 Å². The van der Waals surface area contributed by atoms with E-state index in [9.17, 15) is 9.90 Å². The van der Waals surface area contributed by atoms with Crippen molar-refractivity contribution in [3.05, 3.63) is 35.9 Å². The van der Waals surface area contributed by atoms with Gasteiger partial charge in [-0.05, 0) is 12.0 Å². The summed E-state index contributed by atoms with van der Waals surface area (Å²) in [6.07, 6.45) is -0.787. The third-order valence-corrected chi connectivity index (χ3v) is 3.22. The molecule has 1 N–H and O–H groups in total. The van der Waals surface area contributed by atoms with E-state index in [0.29, 0.717) is 5.56 Å². The monoisotopic (exact) mass is 242 g/mol. The third-order valence-electron chi connectivity index (χ3n) is 2.59. The molecule has 4 heteroatoms. The number of hydrogen-bond acceptors (Lipinski definition) is 3. The van der Waals surface area contributed by atoms with Crippen LogP contribution in [-0.2, 0) is 9.53 Å². The lowest BCUT2D eigenvalue weighted by Gasteiger charge is -2.28. The van der Waals surface area contributed by atoms with Gasteiger partial charge in [-0.3, -0.25) is 4.79 Å². The fraction of sp³-hybridized carbons (Fsp3) is 0.417. The molecule has 0 fully saturated rings. The average molecular weight is 243 g/mol. The smallest absolute Gasteiger partial charge is 0.329 e. The highest BCUT2D eigenvalue weighted by Crippen LogP contribution is 2.35. The van der Waals surface area contributed by atoms with Crippen LogP contribution >= 0.6 is 11.6 Å². The normalized spacial score (nSPS) is 16.2. The lowest BCUT2D eigenvalue weighted by Crippen LogP contribution is -2.39. The van der Waals surface area contributed by atoms with E-state index in [1.807, 2.05) is 6.07 Å². The van der Waals surface area contributed by atoms with Gasteiger partial charge in [0.15, 0.2) is 4.87 Å². The van der Waals surface area contributed by atoms with Crippen LogP contribution in [0.5, 0.6) is 0 Å². The molecule has 0 heterocycles. The van der Waals surface area contributed by atoms with Crippen LogP contribution in [0, 0.1) is 0 Å². The average Bonchev–Trinajstić information content (AvgIpc) is 2.36. The predicted octanol–water partition coefficient (Wildman–Crippen LogP) is 2.28. The molecule has 0 amide bonds. The maximum atomic E-state index is 11.6. The number of aliphatic hydroxyl groups is 1. The zero-order chi connectivity index (χ0) is 12.2. The number of methoxy groups -OCH3 is 1. The Kier molecular flexibility index (Phi) is 4.33. The van der Waals surface area contributed by atoms with E-state index in [0.717, 1.165) is 0 Å². The zero-order valence-electron chi connectivity index (χ0n) is 9.31. The summed E-state index contributed by atoms with van der Waals surface area (Å²) in [7, 11) is 1.26. The van der Waals surface area contributed by atoms with Crippen molar-refractivity contribution in [2.75, 3.05) is 7.11 Å². The van der Waals surface area contributed by atoms with Crippen molar-refractivity contribution in [1.29, 1.82) is 0 Å². The summed E-state index contributed by atoms with van der Waals surface area (Å²) in [5.41, 5.74) is 0.602. The van der Waals surface area contributed by atoms with Gasteiger partial charge in [0.05, 0.1) is 7.11 Å². The first kappa shape index (κ1) is 13.0. The highest BCUT2D eigenvalue weighted by atomic mass is 35.5. The maximum absolute atomic E-state index is 11.6. The molecule has 0 spiro atoms. The molecule has 0 aliphatic heterocycles. The van der Waals surface area contributed by atoms with Gasteiger partial charge in [0.1, 0.15) is 6.10 Å². The summed E-state index contributed by atoms with van der Waals surface area (Å²) < 4.78 is 4.62. The molecule has 2 atom stereocenters. The van der Waals surface area contributed by atoms with Gasteiger partial charge in [-0.15, -0.1) is 11.6 Å². The van der Waals surface area contributed by atoms with Gasteiger partial charge < -0.3 is 9.84 Å². The van der Waals surface area contributed by atoms with Crippen molar-refractivity contribution in [2.24, 2.45) is 0 Å². The molecule has 3 nitrogen and oxygen atoms in total. The van der Waals surface area contributed by atoms with Crippen LogP contribution in [0.25, 0.3) is 0 Å². The highest BCUT2D eigenvalue weighted by Gasteiger charge is 2.43. The number of alkyl halides is 1. The summed E-state index contributed by atoms with van der Waals surface area (Å²) in [6.45, 7) is 1.73. The number of halogens is 1. The molecule has 88 valence electrons. The fourth-order valence-corrected chi connectivity index (χ4v) is 1.72. The largest absolute Gasteiger partial charge is 0.468 e. The minimum Gasteiger partial charge on any atom is -0.468 e. The van der Waals surface area contributed by atoms with Gasteiger partial charge in [0, 0.05) is 0 Å².